The number of nitrogens with one attached hydrogen (secondary N) is 1. The first-order chi connectivity index (χ1) is 10.3. The quantitative estimate of drug-likeness (QED) is 0.808. The number of halogens is 3. The third-order valence-corrected chi connectivity index (χ3v) is 2.79. The van der Waals surface area contributed by atoms with Gasteiger partial charge in [0, 0.05) is 13.5 Å². The first kappa shape index (κ1) is 18.0. The number of benzene rings is 1. The molecule has 0 saturated carbocycles. The Kier molecular flexibility index (Phi) is 6.36. The second kappa shape index (κ2) is 7.79. The molecule has 0 saturated heterocycles. The summed E-state index contributed by atoms with van der Waals surface area (Å²) in [6.07, 6.45) is -4.60. The first-order valence-electron chi connectivity index (χ1n) is 6.30. The third-order valence-electron chi connectivity index (χ3n) is 2.79. The molecule has 0 spiro atoms. The molecule has 1 atom stereocenters. The van der Waals surface area contributed by atoms with E-state index in [2.05, 4.69) is 14.8 Å². The molecule has 1 aromatic rings. The fourth-order valence-corrected chi connectivity index (χ4v) is 1.81. The Bertz CT molecular complexity index is 531. The Morgan fingerprint density at radius 1 is 1.27 bits per heavy atom. The van der Waals surface area contributed by atoms with E-state index >= 15 is 0 Å². The zero-order valence-electron chi connectivity index (χ0n) is 12.1. The number of hydrogen-bond donors (Lipinski definition) is 1. The minimum absolute atomic E-state index is 0.119. The maximum absolute atomic E-state index is 12.7. The van der Waals surface area contributed by atoms with Crippen molar-refractivity contribution >= 4 is 11.9 Å². The number of rotatable bonds is 6. The van der Waals surface area contributed by atoms with Crippen LogP contribution in [0.25, 0.3) is 0 Å². The van der Waals surface area contributed by atoms with Gasteiger partial charge in [-0.15, -0.1) is 0 Å². The van der Waals surface area contributed by atoms with Gasteiger partial charge in [-0.25, -0.2) is 4.79 Å². The Balaban J connectivity index is 2.90. The Morgan fingerprint density at radius 2 is 1.95 bits per heavy atom. The number of amides is 1. The summed E-state index contributed by atoms with van der Waals surface area (Å²) in [7, 11) is 2.43. The lowest BCUT2D eigenvalue weighted by Crippen LogP contribution is -2.44. The summed E-state index contributed by atoms with van der Waals surface area (Å²) in [5.74, 6) is -1.31. The molecule has 0 aliphatic carbocycles. The molecular weight excluding hydrogens is 303 g/mol. The predicted molar refractivity (Wildman–Crippen MR) is 71.0 cm³/mol. The lowest BCUT2D eigenvalue weighted by atomic mass is 10.0. The van der Waals surface area contributed by atoms with Crippen molar-refractivity contribution in [2.24, 2.45) is 0 Å². The van der Waals surface area contributed by atoms with Crippen LogP contribution in [-0.2, 0) is 31.7 Å². The van der Waals surface area contributed by atoms with Crippen molar-refractivity contribution in [1.29, 1.82) is 0 Å². The van der Waals surface area contributed by atoms with E-state index in [0.717, 1.165) is 19.2 Å². The monoisotopic (exact) mass is 319 g/mol. The number of carbonyl (C=O) groups excluding carboxylic acids is 2. The van der Waals surface area contributed by atoms with Crippen LogP contribution >= 0.6 is 0 Å². The van der Waals surface area contributed by atoms with Crippen molar-refractivity contribution in [3.05, 3.63) is 35.4 Å². The first-order valence-corrected chi connectivity index (χ1v) is 6.30. The molecular formula is C14H16F3NO4. The average Bonchev–Trinajstić information content (AvgIpc) is 2.45. The third kappa shape index (κ3) is 5.36. The van der Waals surface area contributed by atoms with Gasteiger partial charge in [-0.3, -0.25) is 4.79 Å². The van der Waals surface area contributed by atoms with Gasteiger partial charge in [-0.2, -0.15) is 13.2 Å². The highest BCUT2D eigenvalue weighted by atomic mass is 19.4. The highest BCUT2D eigenvalue weighted by molar-refractivity contribution is 5.85. The molecule has 0 radical (unpaired) electrons. The number of esters is 1. The average molecular weight is 319 g/mol. The van der Waals surface area contributed by atoms with Crippen LogP contribution in [0, 0.1) is 0 Å². The Morgan fingerprint density at radius 3 is 2.50 bits per heavy atom. The Hall–Kier alpha value is -2.09. The summed E-state index contributed by atoms with van der Waals surface area (Å²) in [6.45, 7) is -0.268. The van der Waals surface area contributed by atoms with E-state index in [1.807, 2.05) is 0 Å². The highest BCUT2D eigenvalue weighted by Crippen LogP contribution is 2.29. The van der Waals surface area contributed by atoms with Gasteiger partial charge in [-0.1, -0.05) is 18.2 Å². The summed E-state index contributed by atoms with van der Waals surface area (Å²) < 4.78 is 47.2. The molecule has 0 aliphatic heterocycles. The smallest absolute Gasteiger partial charge is 0.416 e. The topological polar surface area (TPSA) is 64.6 Å². The molecule has 1 aromatic carbocycles. The van der Waals surface area contributed by atoms with E-state index in [1.54, 1.807) is 0 Å². The molecule has 8 heteroatoms. The number of carbonyl (C=O) groups is 2. The van der Waals surface area contributed by atoms with Gasteiger partial charge in [-0.05, 0) is 11.6 Å². The van der Waals surface area contributed by atoms with E-state index in [-0.39, 0.29) is 18.6 Å². The number of hydrogen-bond acceptors (Lipinski definition) is 4. The van der Waals surface area contributed by atoms with Crippen LogP contribution in [-0.4, -0.2) is 38.7 Å². The molecule has 1 rings (SSSR count). The lowest BCUT2D eigenvalue weighted by molar-refractivity contribution is -0.145. The summed E-state index contributed by atoms with van der Waals surface area (Å²) in [5, 5.41) is 2.36. The minimum Gasteiger partial charge on any atom is -0.467 e. The summed E-state index contributed by atoms with van der Waals surface area (Å²) in [6, 6.07) is 3.45. The molecule has 122 valence electrons. The molecule has 1 N–H and O–H groups in total. The minimum atomic E-state index is -4.48. The molecule has 5 nitrogen and oxygen atoms in total. The summed E-state index contributed by atoms with van der Waals surface area (Å²) in [4.78, 5) is 23.1. The van der Waals surface area contributed by atoms with E-state index in [9.17, 15) is 22.8 Å². The molecule has 0 bridgehead atoms. The van der Waals surface area contributed by atoms with Gasteiger partial charge in [0.2, 0.25) is 5.91 Å². The second-order valence-corrected chi connectivity index (χ2v) is 4.48. The number of ether oxygens (including phenoxy) is 2. The van der Waals surface area contributed by atoms with Gasteiger partial charge < -0.3 is 14.8 Å². The van der Waals surface area contributed by atoms with E-state index in [4.69, 9.17) is 0 Å². The number of methoxy groups -OCH3 is 2. The molecule has 0 unspecified atom stereocenters. The van der Waals surface area contributed by atoms with Gasteiger partial charge in [0.25, 0.3) is 0 Å². The zero-order chi connectivity index (χ0) is 16.8. The van der Waals surface area contributed by atoms with Crippen LogP contribution in [0.4, 0.5) is 13.2 Å². The lowest BCUT2D eigenvalue weighted by Gasteiger charge is -2.17. The maximum Gasteiger partial charge on any atom is 0.416 e. The fourth-order valence-electron chi connectivity index (χ4n) is 1.81. The van der Waals surface area contributed by atoms with Crippen LogP contribution in [0.1, 0.15) is 11.1 Å². The second-order valence-electron chi connectivity index (χ2n) is 4.48. The zero-order valence-corrected chi connectivity index (χ0v) is 12.1. The van der Waals surface area contributed by atoms with Crippen LogP contribution in [0.5, 0.6) is 0 Å². The number of alkyl halides is 3. The SMILES string of the molecule is COCC(=O)N[C@@H](Cc1cccc(C(F)(F)F)c1)C(=O)OC. The summed E-state index contributed by atoms with van der Waals surface area (Å²) in [5.41, 5.74) is -0.570. The van der Waals surface area contributed by atoms with Crippen molar-refractivity contribution in [1.82, 2.24) is 5.32 Å². The molecule has 0 heterocycles. The van der Waals surface area contributed by atoms with Crippen LogP contribution in [0.3, 0.4) is 0 Å². The van der Waals surface area contributed by atoms with E-state index in [0.29, 0.717) is 0 Å². The summed E-state index contributed by atoms with van der Waals surface area (Å²) >= 11 is 0. The molecule has 0 fully saturated rings. The highest BCUT2D eigenvalue weighted by Gasteiger charge is 2.31. The van der Waals surface area contributed by atoms with Crippen LogP contribution in [0.2, 0.25) is 0 Å². The van der Waals surface area contributed by atoms with Crippen molar-refractivity contribution < 1.29 is 32.2 Å². The normalized spacial score (nSPS) is 12.6. The van der Waals surface area contributed by atoms with Gasteiger partial charge >= 0.3 is 12.1 Å². The molecule has 1 amide bonds. The van der Waals surface area contributed by atoms with Crippen molar-refractivity contribution in [3.63, 3.8) is 0 Å². The predicted octanol–water partition coefficient (Wildman–Crippen LogP) is 1.55. The van der Waals surface area contributed by atoms with Crippen LogP contribution in [0.15, 0.2) is 24.3 Å². The van der Waals surface area contributed by atoms with Crippen molar-refractivity contribution in [2.75, 3.05) is 20.8 Å². The molecule has 0 aliphatic rings. The van der Waals surface area contributed by atoms with E-state index < -0.39 is 29.7 Å². The van der Waals surface area contributed by atoms with Gasteiger partial charge in [0.05, 0.1) is 12.7 Å². The maximum atomic E-state index is 12.7. The van der Waals surface area contributed by atoms with E-state index in [1.165, 1.54) is 19.2 Å². The standard InChI is InChI=1S/C14H16F3NO4/c1-21-8-12(19)18-11(13(20)22-2)7-9-4-3-5-10(6-9)14(15,16)17/h3-6,11H,7-8H2,1-2H3,(H,18,19)/t11-/m0/s1. The Labute approximate surface area is 125 Å². The largest absolute Gasteiger partial charge is 0.467 e. The van der Waals surface area contributed by atoms with Crippen molar-refractivity contribution in [3.8, 4) is 0 Å². The van der Waals surface area contributed by atoms with Gasteiger partial charge in [0.1, 0.15) is 12.6 Å². The fraction of sp³-hybridized carbons (Fsp3) is 0.429. The molecule has 22 heavy (non-hydrogen) atoms. The van der Waals surface area contributed by atoms with Crippen LogP contribution < -0.4 is 5.32 Å². The van der Waals surface area contributed by atoms with Gasteiger partial charge in [0.15, 0.2) is 0 Å². The van der Waals surface area contributed by atoms with Crippen molar-refractivity contribution in [2.45, 2.75) is 18.6 Å². The molecule has 0 aromatic heterocycles.